The fourth-order valence-electron chi connectivity index (χ4n) is 2.41. The number of likely N-dealkylation sites (N-methyl/N-ethyl adjacent to an activating group) is 1. The van der Waals surface area contributed by atoms with Crippen LogP contribution in [0.5, 0.6) is 5.75 Å². The van der Waals surface area contributed by atoms with Gasteiger partial charge in [-0.3, -0.25) is 4.98 Å². The fourth-order valence-corrected chi connectivity index (χ4v) is 2.41. The first kappa shape index (κ1) is 15.3. The summed E-state index contributed by atoms with van der Waals surface area (Å²) in [7, 11) is 3.64. The summed E-state index contributed by atoms with van der Waals surface area (Å²) in [5.41, 5.74) is 2.87. The zero-order valence-electron chi connectivity index (χ0n) is 12.8. The van der Waals surface area contributed by atoms with Crippen molar-refractivity contribution < 1.29 is 9.84 Å². The first-order valence-corrected chi connectivity index (χ1v) is 7.09. The van der Waals surface area contributed by atoms with E-state index >= 15 is 0 Å². The molecule has 0 aliphatic heterocycles. The van der Waals surface area contributed by atoms with Gasteiger partial charge in [-0.05, 0) is 31.2 Å². The minimum absolute atomic E-state index is 0.576. The third kappa shape index (κ3) is 3.73. The highest BCUT2D eigenvalue weighted by Crippen LogP contribution is 2.34. The molecule has 0 saturated carbocycles. The lowest BCUT2D eigenvalue weighted by Gasteiger charge is -2.25. The van der Waals surface area contributed by atoms with Gasteiger partial charge in [0.15, 0.2) is 0 Å². The SMILES string of the molecule is COc1cccc(N(C)CCc2ccccn2)c1C(C)O. The molecule has 0 fully saturated rings. The Morgan fingerprint density at radius 1 is 1.24 bits per heavy atom. The molecule has 0 aliphatic rings. The van der Waals surface area contributed by atoms with Gasteiger partial charge in [-0.15, -0.1) is 0 Å². The lowest BCUT2D eigenvalue weighted by molar-refractivity contribution is 0.194. The molecule has 21 heavy (non-hydrogen) atoms. The first-order chi connectivity index (χ1) is 10.1. The van der Waals surface area contributed by atoms with E-state index in [4.69, 9.17) is 4.74 Å². The van der Waals surface area contributed by atoms with Crippen LogP contribution in [-0.2, 0) is 6.42 Å². The van der Waals surface area contributed by atoms with Crippen LogP contribution in [0.25, 0.3) is 0 Å². The molecule has 2 rings (SSSR count). The van der Waals surface area contributed by atoms with Crippen molar-refractivity contribution in [3.8, 4) is 5.75 Å². The normalized spacial score (nSPS) is 12.0. The quantitative estimate of drug-likeness (QED) is 0.887. The molecule has 4 heteroatoms. The van der Waals surface area contributed by atoms with E-state index in [0.717, 1.165) is 29.9 Å². The van der Waals surface area contributed by atoms with Gasteiger partial charge in [0.25, 0.3) is 0 Å². The molecule has 1 aromatic heterocycles. The van der Waals surface area contributed by atoms with Crippen LogP contribution in [0, 0.1) is 0 Å². The van der Waals surface area contributed by atoms with E-state index in [2.05, 4.69) is 9.88 Å². The van der Waals surface area contributed by atoms with Gasteiger partial charge in [-0.1, -0.05) is 12.1 Å². The van der Waals surface area contributed by atoms with Crippen molar-refractivity contribution in [2.45, 2.75) is 19.4 Å². The number of hydrogen-bond acceptors (Lipinski definition) is 4. The average Bonchev–Trinajstić information content (AvgIpc) is 2.52. The predicted octanol–water partition coefficient (Wildman–Crippen LogP) is 2.82. The Bertz CT molecular complexity index is 570. The highest BCUT2D eigenvalue weighted by Gasteiger charge is 2.16. The van der Waals surface area contributed by atoms with E-state index in [1.165, 1.54) is 0 Å². The number of aliphatic hydroxyl groups excluding tert-OH is 1. The Labute approximate surface area is 126 Å². The van der Waals surface area contributed by atoms with E-state index in [1.54, 1.807) is 14.0 Å². The number of pyridine rings is 1. The molecule has 1 unspecified atom stereocenters. The van der Waals surface area contributed by atoms with Crippen LogP contribution in [0.1, 0.15) is 24.3 Å². The number of aromatic nitrogens is 1. The van der Waals surface area contributed by atoms with E-state index in [0.29, 0.717) is 5.75 Å². The zero-order chi connectivity index (χ0) is 15.2. The Balaban J connectivity index is 2.17. The van der Waals surface area contributed by atoms with Crippen molar-refractivity contribution in [2.24, 2.45) is 0 Å². The third-order valence-corrected chi connectivity index (χ3v) is 3.52. The van der Waals surface area contributed by atoms with Crippen LogP contribution >= 0.6 is 0 Å². The van der Waals surface area contributed by atoms with E-state index in [1.807, 2.05) is 49.6 Å². The summed E-state index contributed by atoms with van der Waals surface area (Å²) >= 11 is 0. The van der Waals surface area contributed by atoms with Crippen molar-refractivity contribution in [1.82, 2.24) is 4.98 Å². The number of hydrogen-bond donors (Lipinski definition) is 1. The second kappa shape index (κ2) is 7.09. The monoisotopic (exact) mass is 286 g/mol. The molecule has 0 saturated heterocycles. The molecule has 1 N–H and O–H groups in total. The van der Waals surface area contributed by atoms with Crippen LogP contribution < -0.4 is 9.64 Å². The molecule has 112 valence electrons. The predicted molar refractivity (Wildman–Crippen MR) is 84.8 cm³/mol. The van der Waals surface area contributed by atoms with Gasteiger partial charge >= 0.3 is 0 Å². The van der Waals surface area contributed by atoms with Crippen LogP contribution in [0.2, 0.25) is 0 Å². The highest BCUT2D eigenvalue weighted by atomic mass is 16.5. The minimum Gasteiger partial charge on any atom is -0.496 e. The zero-order valence-corrected chi connectivity index (χ0v) is 12.8. The lowest BCUT2D eigenvalue weighted by atomic mass is 10.1. The van der Waals surface area contributed by atoms with Crippen LogP contribution in [0.15, 0.2) is 42.6 Å². The van der Waals surface area contributed by atoms with Gasteiger partial charge in [0.05, 0.1) is 13.2 Å². The number of aliphatic hydroxyl groups is 1. The number of ether oxygens (including phenoxy) is 1. The molecule has 0 amide bonds. The van der Waals surface area contributed by atoms with Gasteiger partial charge in [0.2, 0.25) is 0 Å². The molecule has 1 aromatic carbocycles. The fraction of sp³-hybridized carbons (Fsp3) is 0.353. The minimum atomic E-state index is -0.576. The van der Waals surface area contributed by atoms with E-state index in [-0.39, 0.29) is 0 Å². The molecular weight excluding hydrogens is 264 g/mol. The number of rotatable bonds is 6. The Morgan fingerprint density at radius 2 is 2.05 bits per heavy atom. The number of anilines is 1. The summed E-state index contributed by atoms with van der Waals surface area (Å²) < 4.78 is 5.36. The maximum Gasteiger partial charge on any atom is 0.126 e. The highest BCUT2D eigenvalue weighted by molar-refractivity contribution is 5.60. The average molecular weight is 286 g/mol. The summed E-state index contributed by atoms with van der Waals surface area (Å²) in [5.74, 6) is 0.715. The van der Waals surface area contributed by atoms with Crippen molar-refractivity contribution in [3.63, 3.8) is 0 Å². The lowest BCUT2D eigenvalue weighted by Crippen LogP contribution is -2.22. The first-order valence-electron chi connectivity index (χ1n) is 7.09. The molecular formula is C17H22N2O2. The van der Waals surface area contributed by atoms with Gasteiger partial charge in [0, 0.05) is 43.2 Å². The van der Waals surface area contributed by atoms with Crippen LogP contribution in [0.4, 0.5) is 5.69 Å². The topological polar surface area (TPSA) is 45.6 Å². The van der Waals surface area contributed by atoms with Crippen LogP contribution in [-0.4, -0.2) is 30.8 Å². The molecule has 0 bridgehead atoms. The smallest absolute Gasteiger partial charge is 0.126 e. The summed E-state index contributed by atoms with van der Waals surface area (Å²) in [6.07, 6.45) is 2.09. The summed E-state index contributed by atoms with van der Waals surface area (Å²) in [6, 6.07) is 11.8. The standard InChI is InChI=1S/C17H22N2O2/c1-13(20)17-15(8-6-9-16(17)21-3)19(2)12-10-14-7-4-5-11-18-14/h4-9,11,13,20H,10,12H2,1-3H3. The van der Waals surface area contributed by atoms with E-state index < -0.39 is 6.10 Å². The van der Waals surface area contributed by atoms with Gasteiger partial charge in [-0.25, -0.2) is 0 Å². The van der Waals surface area contributed by atoms with Crippen molar-refractivity contribution >= 4 is 5.69 Å². The number of nitrogens with zero attached hydrogens (tertiary/aromatic N) is 2. The molecule has 2 aromatic rings. The van der Waals surface area contributed by atoms with Crippen molar-refractivity contribution in [1.29, 1.82) is 0 Å². The Kier molecular flexibility index (Phi) is 5.17. The molecule has 4 nitrogen and oxygen atoms in total. The molecule has 1 heterocycles. The van der Waals surface area contributed by atoms with Crippen molar-refractivity contribution in [3.05, 3.63) is 53.9 Å². The van der Waals surface area contributed by atoms with Crippen molar-refractivity contribution in [2.75, 3.05) is 25.6 Å². The van der Waals surface area contributed by atoms with Gasteiger partial charge < -0.3 is 14.7 Å². The second-order valence-corrected chi connectivity index (χ2v) is 5.06. The number of benzene rings is 1. The largest absolute Gasteiger partial charge is 0.496 e. The molecule has 0 radical (unpaired) electrons. The second-order valence-electron chi connectivity index (χ2n) is 5.06. The van der Waals surface area contributed by atoms with E-state index in [9.17, 15) is 5.11 Å². The molecule has 0 spiro atoms. The maximum absolute atomic E-state index is 10.0. The van der Waals surface area contributed by atoms with Gasteiger partial charge in [-0.2, -0.15) is 0 Å². The third-order valence-electron chi connectivity index (χ3n) is 3.52. The molecule has 1 atom stereocenters. The van der Waals surface area contributed by atoms with Crippen LogP contribution in [0.3, 0.4) is 0 Å². The number of methoxy groups -OCH3 is 1. The van der Waals surface area contributed by atoms with Gasteiger partial charge in [0.1, 0.15) is 5.75 Å². The maximum atomic E-state index is 10.0. The summed E-state index contributed by atoms with van der Waals surface area (Å²) in [4.78, 5) is 6.46. The Hall–Kier alpha value is -2.07. The summed E-state index contributed by atoms with van der Waals surface area (Å²) in [6.45, 7) is 2.58. The Morgan fingerprint density at radius 3 is 2.67 bits per heavy atom. The summed E-state index contributed by atoms with van der Waals surface area (Å²) in [5, 5.41) is 10.0. The molecule has 0 aliphatic carbocycles.